The maximum atomic E-state index is 12.0. The Morgan fingerprint density at radius 1 is 1.14 bits per heavy atom. The molecule has 0 amide bonds. The second-order valence-corrected chi connectivity index (χ2v) is 7.27. The highest BCUT2D eigenvalue weighted by molar-refractivity contribution is 7.88. The zero-order valence-electron chi connectivity index (χ0n) is 11.2. The minimum absolute atomic E-state index is 0.0314. The van der Waals surface area contributed by atoms with E-state index >= 15 is 0 Å². The number of nitrogens with one attached hydrogen (secondary N) is 1. The molecule has 0 aliphatic rings. The molecule has 0 saturated carbocycles. The van der Waals surface area contributed by atoms with Gasteiger partial charge in [0.2, 0.25) is 10.0 Å². The Balaban J connectivity index is 1.94. The van der Waals surface area contributed by atoms with Gasteiger partial charge in [-0.3, -0.25) is 0 Å². The van der Waals surface area contributed by atoms with Gasteiger partial charge in [0.15, 0.2) is 0 Å². The number of aliphatic hydroxyl groups excluding tert-OH is 1. The van der Waals surface area contributed by atoms with E-state index in [1.807, 2.05) is 30.3 Å². The van der Waals surface area contributed by atoms with E-state index in [9.17, 15) is 8.42 Å². The summed E-state index contributed by atoms with van der Waals surface area (Å²) in [7, 11) is -3.36. The molecule has 21 heavy (non-hydrogen) atoms. The fraction of sp³-hybridized carbons (Fsp3) is 0.200. The molecule has 0 bridgehead atoms. The highest BCUT2D eigenvalue weighted by atomic mass is 32.2. The van der Waals surface area contributed by atoms with Crippen molar-refractivity contribution < 1.29 is 13.5 Å². The zero-order chi connectivity index (χ0) is 15.1. The number of thiophene rings is 1. The van der Waals surface area contributed by atoms with E-state index in [0.29, 0.717) is 0 Å². The van der Waals surface area contributed by atoms with Crippen LogP contribution in [-0.4, -0.2) is 20.1 Å². The van der Waals surface area contributed by atoms with Crippen LogP contribution < -0.4 is 4.72 Å². The van der Waals surface area contributed by atoms with Crippen molar-refractivity contribution in [3.8, 4) is 11.8 Å². The Morgan fingerprint density at radius 3 is 2.62 bits per heavy atom. The third-order valence-electron chi connectivity index (χ3n) is 2.62. The number of benzene rings is 1. The normalized spacial score (nSPS) is 10.9. The van der Waals surface area contributed by atoms with Gasteiger partial charge in [0.25, 0.3) is 0 Å². The standard InChI is InChI=1S/C15H15NO3S2/c17-10-4-7-14-8-9-15(20-14)11-16-21(18,19)12-13-5-2-1-3-6-13/h1-3,5-6,8-9,16-17H,10-12H2. The Hall–Kier alpha value is -1.65. The van der Waals surface area contributed by atoms with Gasteiger partial charge in [0.1, 0.15) is 6.61 Å². The summed E-state index contributed by atoms with van der Waals surface area (Å²) in [5.41, 5.74) is 0.755. The van der Waals surface area contributed by atoms with Crippen molar-refractivity contribution in [1.29, 1.82) is 0 Å². The van der Waals surface area contributed by atoms with E-state index in [1.165, 1.54) is 11.3 Å². The summed E-state index contributed by atoms with van der Waals surface area (Å²) >= 11 is 1.41. The smallest absolute Gasteiger partial charge is 0.216 e. The molecule has 1 aromatic heterocycles. The van der Waals surface area contributed by atoms with Crippen LogP contribution in [0.15, 0.2) is 42.5 Å². The van der Waals surface area contributed by atoms with E-state index in [2.05, 4.69) is 16.6 Å². The van der Waals surface area contributed by atoms with Crippen molar-refractivity contribution in [2.24, 2.45) is 0 Å². The van der Waals surface area contributed by atoms with Crippen molar-refractivity contribution >= 4 is 21.4 Å². The summed E-state index contributed by atoms with van der Waals surface area (Å²) in [6.45, 7) is 0.0670. The third kappa shape index (κ3) is 5.33. The highest BCUT2D eigenvalue weighted by Gasteiger charge is 2.11. The first-order chi connectivity index (χ1) is 10.1. The van der Waals surface area contributed by atoms with Crippen LogP contribution in [0.25, 0.3) is 0 Å². The number of hydrogen-bond donors (Lipinski definition) is 2. The molecule has 110 valence electrons. The molecular weight excluding hydrogens is 306 g/mol. The summed E-state index contributed by atoms with van der Waals surface area (Å²) in [4.78, 5) is 1.69. The molecule has 2 N–H and O–H groups in total. The van der Waals surface area contributed by atoms with Crippen LogP contribution in [0.5, 0.6) is 0 Å². The first kappa shape index (κ1) is 15.7. The maximum Gasteiger partial charge on any atom is 0.216 e. The van der Waals surface area contributed by atoms with Gasteiger partial charge in [-0.05, 0) is 17.7 Å². The van der Waals surface area contributed by atoms with Crippen LogP contribution in [0.1, 0.15) is 15.3 Å². The van der Waals surface area contributed by atoms with Crippen molar-refractivity contribution in [1.82, 2.24) is 4.72 Å². The molecule has 1 aromatic carbocycles. The first-order valence-electron chi connectivity index (χ1n) is 6.29. The van der Waals surface area contributed by atoms with Gasteiger partial charge in [0.05, 0.1) is 10.6 Å². The molecule has 0 saturated heterocycles. The number of aliphatic hydroxyl groups is 1. The molecule has 2 rings (SSSR count). The Bertz CT molecular complexity index is 740. The molecule has 0 aliphatic carbocycles. The monoisotopic (exact) mass is 321 g/mol. The first-order valence-corrected chi connectivity index (χ1v) is 8.75. The van der Waals surface area contributed by atoms with E-state index in [1.54, 1.807) is 12.1 Å². The number of rotatable bonds is 5. The predicted octanol–water partition coefficient (Wildman–Crippen LogP) is 1.71. The van der Waals surface area contributed by atoms with E-state index in [4.69, 9.17) is 5.11 Å². The van der Waals surface area contributed by atoms with Crippen LogP contribution in [-0.2, 0) is 22.3 Å². The number of hydrogen-bond acceptors (Lipinski definition) is 4. The lowest BCUT2D eigenvalue weighted by atomic mass is 10.2. The maximum absolute atomic E-state index is 12.0. The SMILES string of the molecule is O=S(=O)(Cc1ccccc1)NCc1ccc(C#CCO)s1. The van der Waals surface area contributed by atoms with Crippen LogP contribution in [0.3, 0.4) is 0 Å². The lowest BCUT2D eigenvalue weighted by molar-refractivity contribution is 0.350. The summed E-state index contributed by atoms with van der Waals surface area (Å²) < 4.78 is 26.5. The Morgan fingerprint density at radius 2 is 1.90 bits per heavy atom. The molecule has 1 heterocycles. The van der Waals surface area contributed by atoms with Gasteiger partial charge in [0, 0.05) is 11.4 Å². The van der Waals surface area contributed by atoms with Gasteiger partial charge < -0.3 is 5.11 Å². The van der Waals surface area contributed by atoms with Crippen LogP contribution >= 0.6 is 11.3 Å². The van der Waals surface area contributed by atoms with Crippen molar-refractivity contribution in [3.63, 3.8) is 0 Å². The predicted molar refractivity (Wildman–Crippen MR) is 84.2 cm³/mol. The fourth-order valence-electron chi connectivity index (χ4n) is 1.69. The minimum atomic E-state index is -3.36. The molecule has 4 nitrogen and oxygen atoms in total. The zero-order valence-corrected chi connectivity index (χ0v) is 12.9. The lowest BCUT2D eigenvalue weighted by Crippen LogP contribution is -2.24. The fourth-order valence-corrected chi connectivity index (χ4v) is 3.71. The molecule has 6 heteroatoms. The quantitative estimate of drug-likeness (QED) is 0.824. The van der Waals surface area contributed by atoms with Gasteiger partial charge >= 0.3 is 0 Å². The molecule has 2 aromatic rings. The summed E-state index contributed by atoms with van der Waals surface area (Å²) in [6.07, 6.45) is 0. The Labute approximate surface area is 128 Å². The molecule has 0 fully saturated rings. The summed E-state index contributed by atoms with van der Waals surface area (Å²) in [6, 6.07) is 12.7. The molecular formula is C15H15NO3S2. The van der Waals surface area contributed by atoms with Gasteiger partial charge in [-0.1, -0.05) is 42.2 Å². The molecule has 0 atom stereocenters. The van der Waals surface area contributed by atoms with Crippen LogP contribution in [0.4, 0.5) is 0 Å². The lowest BCUT2D eigenvalue weighted by Gasteiger charge is -2.05. The van der Waals surface area contributed by atoms with E-state index < -0.39 is 10.0 Å². The Kier molecular flexibility index (Phi) is 5.53. The summed E-state index contributed by atoms with van der Waals surface area (Å²) in [5.74, 6) is 5.32. The molecule has 0 radical (unpaired) electrons. The molecule has 0 spiro atoms. The van der Waals surface area contributed by atoms with Crippen molar-refractivity contribution in [2.75, 3.05) is 6.61 Å². The minimum Gasteiger partial charge on any atom is -0.384 e. The largest absolute Gasteiger partial charge is 0.384 e. The molecule has 0 aliphatic heterocycles. The average Bonchev–Trinajstić information content (AvgIpc) is 2.92. The summed E-state index contributed by atoms with van der Waals surface area (Å²) in [5, 5.41) is 8.62. The van der Waals surface area contributed by atoms with E-state index in [-0.39, 0.29) is 18.9 Å². The molecule has 0 unspecified atom stereocenters. The highest BCUT2D eigenvalue weighted by Crippen LogP contribution is 2.15. The third-order valence-corrected chi connectivity index (χ3v) is 4.92. The van der Waals surface area contributed by atoms with Gasteiger partial charge in [-0.15, -0.1) is 11.3 Å². The second-order valence-electron chi connectivity index (χ2n) is 4.29. The topological polar surface area (TPSA) is 66.4 Å². The van der Waals surface area contributed by atoms with Crippen LogP contribution in [0, 0.1) is 11.8 Å². The van der Waals surface area contributed by atoms with E-state index in [0.717, 1.165) is 15.3 Å². The second kappa shape index (κ2) is 7.38. The average molecular weight is 321 g/mol. The number of sulfonamides is 1. The van der Waals surface area contributed by atoms with Gasteiger partial charge in [-0.25, -0.2) is 13.1 Å². The van der Waals surface area contributed by atoms with Gasteiger partial charge in [-0.2, -0.15) is 0 Å². The van der Waals surface area contributed by atoms with Crippen molar-refractivity contribution in [2.45, 2.75) is 12.3 Å². The van der Waals surface area contributed by atoms with Crippen molar-refractivity contribution in [3.05, 3.63) is 57.8 Å². The van der Waals surface area contributed by atoms with Crippen LogP contribution in [0.2, 0.25) is 0 Å².